The molecule has 2 rings (SSSR count). The van der Waals surface area contributed by atoms with E-state index in [0.717, 1.165) is 25.7 Å². The van der Waals surface area contributed by atoms with E-state index < -0.39 is 0 Å². The van der Waals surface area contributed by atoms with Crippen molar-refractivity contribution < 1.29 is 4.74 Å². The van der Waals surface area contributed by atoms with Gasteiger partial charge < -0.3 is 15.0 Å². The molecule has 0 radical (unpaired) electrons. The van der Waals surface area contributed by atoms with Crippen LogP contribution < -0.4 is 5.32 Å². The highest BCUT2D eigenvalue weighted by Gasteiger charge is 2.30. The third kappa shape index (κ3) is 3.67. The summed E-state index contributed by atoms with van der Waals surface area (Å²) in [6.45, 7) is 11.3. The molecule has 0 saturated carbocycles. The highest BCUT2D eigenvalue weighted by molar-refractivity contribution is 4.85. The Bertz CT molecular complexity index is 222. The van der Waals surface area contributed by atoms with Gasteiger partial charge in [-0.05, 0) is 31.8 Å². The topological polar surface area (TPSA) is 24.5 Å². The monoisotopic (exact) mass is 240 g/mol. The van der Waals surface area contributed by atoms with Crippen molar-refractivity contribution in [3.8, 4) is 0 Å². The molecule has 3 nitrogen and oxygen atoms in total. The Labute approximate surface area is 106 Å². The minimum atomic E-state index is 0.585. The molecule has 0 aromatic rings. The second kappa shape index (κ2) is 6.72. The van der Waals surface area contributed by atoms with Crippen molar-refractivity contribution in [2.75, 3.05) is 39.4 Å². The maximum Gasteiger partial charge on any atom is 0.0623 e. The summed E-state index contributed by atoms with van der Waals surface area (Å²) in [5, 5.41) is 3.56. The number of hydrogen-bond donors (Lipinski definition) is 1. The predicted octanol–water partition coefficient (Wildman–Crippen LogP) is 1.73. The maximum atomic E-state index is 5.63. The van der Waals surface area contributed by atoms with Crippen molar-refractivity contribution >= 4 is 0 Å². The summed E-state index contributed by atoms with van der Waals surface area (Å²) in [5.74, 6) is 1.63. The van der Waals surface area contributed by atoms with Crippen molar-refractivity contribution in [1.82, 2.24) is 10.2 Å². The van der Waals surface area contributed by atoms with E-state index in [9.17, 15) is 0 Å². The van der Waals surface area contributed by atoms with Gasteiger partial charge in [-0.2, -0.15) is 0 Å². The van der Waals surface area contributed by atoms with Gasteiger partial charge in [-0.1, -0.05) is 20.3 Å². The lowest BCUT2D eigenvalue weighted by molar-refractivity contribution is 0.132. The minimum absolute atomic E-state index is 0.585. The third-order valence-corrected chi connectivity index (χ3v) is 4.34. The number of likely N-dealkylation sites (tertiary alicyclic amines) is 1. The lowest BCUT2D eigenvalue weighted by Crippen LogP contribution is -2.44. The van der Waals surface area contributed by atoms with E-state index in [1.165, 1.54) is 38.9 Å². The number of nitrogens with zero attached hydrogens (tertiary/aromatic N) is 1. The van der Waals surface area contributed by atoms with Crippen molar-refractivity contribution in [3.63, 3.8) is 0 Å². The Morgan fingerprint density at radius 1 is 1.29 bits per heavy atom. The summed E-state index contributed by atoms with van der Waals surface area (Å²) >= 11 is 0. The molecule has 2 saturated heterocycles. The van der Waals surface area contributed by atoms with Gasteiger partial charge in [0.25, 0.3) is 0 Å². The second-order valence-corrected chi connectivity index (χ2v) is 5.64. The SMILES string of the molecule is CCNC1COCC1CN1CCCC(CC)C1. The molecule has 3 unspecified atom stereocenters. The zero-order valence-corrected chi connectivity index (χ0v) is 11.5. The molecule has 0 spiro atoms. The number of hydrogen-bond acceptors (Lipinski definition) is 3. The zero-order chi connectivity index (χ0) is 12.1. The average Bonchev–Trinajstić information content (AvgIpc) is 2.78. The Kier molecular flexibility index (Phi) is 5.26. The molecule has 0 aliphatic carbocycles. The molecule has 3 heteroatoms. The van der Waals surface area contributed by atoms with Gasteiger partial charge in [0, 0.05) is 25.0 Å². The van der Waals surface area contributed by atoms with E-state index in [0.29, 0.717) is 12.0 Å². The standard InChI is InChI=1S/C14H28N2O/c1-3-12-6-5-7-16(8-12)9-13-10-17-11-14(13)15-4-2/h12-15H,3-11H2,1-2H3. The number of piperidine rings is 1. The van der Waals surface area contributed by atoms with Crippen LogP contribution >= 0.6 is 0 Å². The predicted molar refractivity (Wildman–Crippen MR) is 71.2 cm³/mol. The molecule has 3 atom stereocenters. The Hall–Kier alpha value is -0.120. The van der Waals surface area contributed by atoms with E-state index in [1.54, 1.807) is 0 Å². The van der Waals surface area contributed by atoms with E-state index in [2.05, 4.69) is 24.1 Å². The largest absolute Gasteiger partial charge is 0.379 e. The summed E-state index contributed by atoms with van der Waals surface area (Å²) in [6.07, 6.45) is 4.16. The maximum absolute atomic E-state index is 5.63. The van der Waals surface area contributed by atoms with Crippen LogP contribution in [-0.4, -0.2) is 50.3 Å². The number of nitrogens with one attached hydrogen (secondary N) is 1. The number of ether oxygens (including phenoxy) is 1. The first-order valence-electron chi connectivity index (χ1n) is 7.37. The van der Waals surface area contributed by atoms with Crippen LogP contribution in [0.5, 0.6) is 0 Å². The van der Waals surface area contributed by atoms with Gasteiger partial charge in [0.1, 0.15) is 0 Å². The van der Waals surface area contributed by atoms with Gasteiger partial charge in [-0.15, -0.1) is 0 Å². The molecule has 2 aliphatic rings. The van der Waals surface area contributed by atoms with Crippen LogP contribution in [0.15, 0.2) is 0 Å². The van der Waals surface area contributed by atoms with E-state index in [-0.39, 0.29) is 0 Å². The van der Waals surface area contributed by atoms with Crippen molar-refractivity contribution in [1.29, 1.82) is 0 Å². The molecule has 0 amide bonds. The van der Waals surface area contributed by atoms with Gasteiger partial charge in [0.05, 0.1) is 13.2 Å². The van der Waals surface area contributed by atoms with Gasteiger partial charge in [0.15, 0.2) is 0 Å². The highest BCUT2D eigenvalue weighted by Crippen LogP contribution is 2.22. The highest BCUT2D eigenvalue weighted by atomic mass is 16.5. The van der Waals surface area contributed by atoms with Crippen LogP contribution in [0.2, 0.25) is 0 Å². The molecule has 2 fully saturated rings. The number of likely N-dealkylation sites (N-methyl/N-ethyl adjacent to an activating group) is 1. The molecule has 2 aliphatic heterocycles. The fourth-order valence-electron chi connectivity index (χ4n) is 3.25. The number of rotatable bonds is 5. The molecular weight excluding hydrogens is 212 g/mol. The van der Waals surface area contributed by atoms with Crippen molar-refractivity contribution in [2.24, 2.45) is 11.8 Å². The van der Waals surface area contributed by atoms with Crippen molar-refractivity contribution in [2.45, 2.75) is 39.2 Å². The lowest BCUT2D eigenvalue weighted by atomic mass is 9.94. The van der Waals surface area contributed by atoms with Crippen molar-refractivity contribution in [3.05, 3.63) is 0 Å². The average molecular weight is 240 g/mol. The molecule has 0 bridgehead atoms. The van der Waals surface area contributed by atoms with Gasteiger partial charge in [-0.3, -0.25) is 0 Å². The third-order valence-electron chi connectivity index (χ3n) is 4.34. The first-order chi connectivity index (χ1) is 8.33. The van der Waals surface area contributed by atoms with Crippen LogP contribution in [0.4, 0.5) is 0 Å². The fourth-order valence-corrected chi connectivity index (χ4v) is 3.25. The molecule has 0 aromatic heterocycles. The van der Waals surface area contributed by atoms with E-state index >= 15 is 0 Å². The molecular formula is C14H28N2O. The first-order valence-corrected chi connectivity index (χ1v) is 7.37. The zero-order valence-electron chi connectivity index (χ0n) is 11.5. The summed E-state index contributed by atoms with van der Waals surface area (Å²) in [7, 11) is 0. The smallest absolute Gasteiger partial charge is 0.0623 e. The molecule has 17 heavy (non-hydrogen) atoms. The summed E-state index contributed by atoms with van der Waals surface area (Å²) in [5.41, 5.74) is 0. The molecule has 0 aromatic carbocycles. The second-order valence-electron chi connectivity index (χ2n) is 5.64. The van der Waals surface area contributed by atoms with Crippen LogP contribution in [0.1, 0.15) is 33.1 Å². The molecule has 2 heterocycles. The molecule has 100 valence electrons. The van der Waals surface area contributed by atoms with Crippen LogP contribution in [0.3, 0.4) is 0 Å². The fraction of sp³-hybridized carbons (Fsp3) is 1.00. The quantitative estimate of drug-likeness (QED) is 0.792. The Balaban J connectivity index is 1.79. The van der Waals surface area contributed by atoms with Crippen LogP contribution in [0.25, 0.3) is 0 Å². The van der Waals surface area contributed by atoms with Crippen LogP contribution in [-0.2, 0) is 4.74 Å². The molecule has 1 N–H and O–H groups in total. The Morgan fingerprint density at radius 2 is 2.18 bits per heavy atom. The van der Waals surface area contributed by atoms with E-state index in [4.69, 9.17) is 4.74 Å². The minimum Gasteiger partial charge on any atom is -0.379 e. The Morgan fingerprint density at radius 3 is 2.94 bits per heavy atom. The normalized spacial score (nSPS) is 35.3. The van der Waals surface area contributed by atoms with Gasteiger partial charge >= 0.3 is 0 Å². The summed E-state index contributed by atoms with van der Waals surface area (Å²) in [6, 6.07) is 0.585. The summed E-state index contributed by atoms with van der Waals surface area (Å²) in [4.78, 5) is 2.67. The van der Waals surface area contributed by atoms with Crippen LogP contribution in [0, 0.1) is 11.8 Å². The van der Waals surface area contributed by atoms with E-state index in [1.807, 2.05) is 0 Å². The first kappa shape index (κ1) is 13.3. The van der Waals surface area contributed by atoms with Gasteiger partial charge in [-0.25, -0.2) is 0 Å². The van der Waals surface area contributed by atoms with Gasteiger partial charge in [0.2, 0.25) is 0 Å². The lowest BCUT2D eigenvalue weighted by Gasteiger charge is -2.34. The summed E-state index contributed by atoms with van der Waals surface area (Å²) < 4.78 is 5.63.